The van der Waals surface area contributed by atoms with Gasteiger partial charge < -0.3 is 25.3 Å². The minimum Gasteiger partial charge on any atom is -0.402 e. The highest BCUT2D eigenvalue weighted by Crippen LogP contribution is 2.19. The van der Waals surface area contributed by atoms with Gasteiger partial charge in [0.2, 0.25) is 11.8 Å². The first-order chi connectivity index (χ1) is 15.5. The molecule has 0 saturated carbocycles. The van der Waals surface area contributed by atoms with Crippen LogP contribution in [-0.2, 0) is 27.2 Å². The van der Waals surface area contributed by atoms with Crippen molar-refractivity contribution in [2.45, 2.75) is 25.6 Å². The van der Waals surface area contributed by atoms with Gasteiger partial charge in [0.05, 0.1) is 0 Å². The summed E-state index contributed by atoms with van der Waals surface area (Å²) in [6, 6.07) is 26.9. The van der Waals surface area contributed by atoms with Crippen LogP contribution in [0.4, 0.5) is 0 Å². The van der Waals surface area contributed by atoms with Crippen molar-refractivity contribution in [2.75, 3.05) is 0 Å². The molecule has 0 bridgehead atoms. The van der Waals surface area contributed by atoms with Crippen molar-refractivity contribution in [1.29, 1.82) is 0 Å². The van der Waals surface area contributed by atoms with E-state index in [-0.39, 0.29) is 13.0 Å². The van der Waals surface area contributed by atoms with Crippen molar-refractivity contribution in [3.63, 3.8) is 0 Å². The van der Waals surface area contributed by atoms with Crippen LogP contribution < -0.4 is 10.6 Å². The monoisotopic (exact) mass is 432 g/mol. The summed E-state index contributed by atoms with van der Waals surface area (Å²) >= 11 is 0. The van der Waals surface area contributed by atoms with Crippen molar-refractivity contribution in [2.24, 2.45) is 0 Å². The smallest absolute Gasteiger partial charge is 0.402 e. The van der Waals surface area contributed by atoms with E-state index in [4.69, 9.17) is 14.7 Å². The minimum absolute atomic E-state index is 0.220. The number of nitrogens with one attached hydrogen (secondary N) is 2. The van der Waals surface area contributed by atoms with Crippen LogP contribution in [0.2, 0.25) is 0 Å². The molecule has 1 unspecified atom stereocenters. The predicted octanol–water partition coefficient (Wildman–Crippen LogP) is 2.03. The average molecular weight is 432 g/mol. The van der Waals surface area contributed by atoms with E-state index in [2.05, 4.69) is 10.6 Å². The first kappa shape index (κ1) is 23.2. The predicted molar refractivity (Wildman–Crippen MR) is 122 cm³/mol. The van der Waals surface area contributed by atoms with Crippen LogP contribution in [0, 0.1) is 0 Å². The lowest BCUT2D eigenvalue weighted by molar-refractivity contribution is -0.130. The molecule has 4 N–H and O–H groups in total. The summed E-state index contributed by atoms with van der Waals surface area (Å²) in [7, 11) is -2.05. The Morgan fingerprint density at radius 2 is 1.44 bits per heavy atom. The third kappa shape index (κ3) is 7.66. The van der Waals surface area contributed by atoms with Crippen LogP contribution >= 0.6 is 0 Å². The van der Waals surface area contributed by atoms with E-state index < -0.39 is 31.8 Å². The van der Waals surface area contributed by atoms with Crippen LogP contribution in [0.25, 0.3) is 11.1 Å². The summed E-state index contributed by atoms with van der Waals surface area (Å²) in [5.74, 6) is -1.03. The zero-order valence-corrected chi connectivity index (χ0v) is 17.5. The van der Waals surface area contributed by atoms with Gasteiger partial charge in [0.1, 0.15) is 12.6 Å². The van der Waals surface area contributed by atoms with E-state index in [1.807, 2.05) is 84.9 Å². The molecular formula is C24H25BN2O5. The molecular weight excluding hydrogens is 407 g/mol. The maximum atomic E-state index is 12.3. The number of hydrogen-bond acceptors (Lipinski definition) is 5. The molecule has 0 aliphatic carbocycles. The molecule has 32 heavy (non-hydrogen) atoms. The van der Waals surface area contributed by atoms with Crippen molar-refractivity contribution in [3.05, 3.63) is 96.1 Å². The zero-order valence-electron chi connectivity index (χ0n) is 17.5. The fourth-order valence-electron chi connectivity index (χ4n) is 3.24. The van der Waals surface area contributed by atoms with Crippen LogP contribution in [0.15, 0.2) is 84.9 Å². The van der Waals surface area contributed by atoms with Crippen molar-refractivity contribution in [3.8, 4) is 11.1 Å². The molecule has 0 aliphatic rings. The Balaban J connectivity index is 1.51. The van der Waals surface area contributed by atoms with Crippen molar-refractivity contribution >= 4 is 19.1 Å². The van der Waals surface area contributed by atoms with Crippen molar-refractivity contribution in [1.82, 2.24) is 10.6 Å². The fourth-order valence-corrected chi connectivity index (χ4v) is 3.24. The fraction of sp³-hybridized carbons (Fsp3) is 0.167. The number of benzene rings is 3. The molecule has 0 saturated heterocycles. The van der Waals surface area contributed by atoms with E-state index in [1.165, 1.54) is 0 Å². The molecule has 0 aromatic heterocycles. The molecule has 2 amide bonds. The van der Waals surface area contributed by atoms with Gasteiger partial charge in [-0.2, -0.15) is 0 Å². The maximum Gasteiger partial charge on any atom is 0.635 e. The summed E-state index contributed by atoms with van der Waals surface area (Å²) in [4.78, 5) is 24.5. The van der Waals surface area contributed by atoms with Gasteiger partial charge in [0, 0.05) is 13.0 Å². The van der Waals surface area contributed by atoms with Gasteiger partial charge in [0.15, 0.2) is 0 Å². The normalized spacial score (nSPS) is 11.4. The van der Waals surface area contributed by atoms with Gasteiger partial charge in [-0.3, -0.25) is 9.59 Å². The second-order valence-electron chi connectivity index (χ2n) is 7.23. The summed E-state index contributed by atoms with van der Waals surface area (Å²) < 4.78 is 4.94. The van der Waals surface area contributed by atoms with Gasteiger partial charge in [-0.15, -0.1) is 0 Å². The topological polar surface area (TPSA) is 108 Å². The first-order valence-corrected chi connectivity index (χ1v) is 10.3. The summed E-state index contributed by atoms with van der Waals surface area (Å²) in [5.41, 5.74) is 3.86. The zero-order chi connectivity index (χ0) is 22.8. The number of carbonyl (C=O) groups excluding carboxylic acids is 2. The minimum atomic E-state index is -2.05. The largest absolute Gasteiger partial charge is 0.635 e. The van der Waals surface area contributed by atoms with Crippen LogP contribution in [0.5, 0.6) is 0 Å². The number of carbonyl (C=O) groups is 2. The Hall–Kier alpha value is -3.46. The second-order valence-corrected chi connectivity index (χ2v) is 7.23. The Kier molecular flexibility index (Phi) is 8.56. The molecule has 3 aromatic carbocycles. The molecule has 3 aromatic rings. The molecule has 0 spiro atoms. The second kappa shape index (κ2) is 11.8. The summed E-state index contributed by atoms with van der Waals surface area (Å²) in [6.45, 7) is 0.284. The Morgan fingerprint density at radius 3 is 2.12 bits per heavy atom. The quantitative estimate of drug-likeness (QED) is 0.223. The molecule has 8 heteroatoms. The molecule has 0 radical (unpaired) electrons. The molecule has 164 valence electrons. The maximum absolute atomic E-state index is 12.3. The highest BCUT2D eigenvalue weighted by atomic mass is 16.6. The molecule has 3 rings (SSSR count). The van der Waals surface area contributed by atoms with Gasteiger partial charge in [-0.1, -0.05) is 78.9 Å². The van der Waals surface area contributed by atoms with E-state index in [0.717, 1.165) is 22.3 Å². The number of rotatable bonds is 10. The highest BCUT2D eigenvalue weighted by molar-refractivity contribution is 6.32. The van der Waals surface area contributed by atoms with E-state index in [0.29, 0.717) is 0 Å². The van der Waals surface area contributed by atoms with E-state index in [1.54, 1.807) is 0 Å². The molecule has 0 aliphatic heterocycles. The van der Waals surface area contributed by atoms with Crippen LogP contribution in [0.3, 0.4) is 0 Å². The average Bonchev–Trinajstić information content (AvgIpc) is 2.78. The van der Waals surface area contributed by atoms with Gasteiger partial charge in [-0.05, 0) is 28.3 Å². The standard InChI is InChI=1S/C24H25BN2O5/c28-22(26-17-19-10-7-13-21(14-19)20-11-5-2-6-12-20)16-23(29)27-24(32-25(30)31)15-18-8-3-1-4-9-18/h1-14,24,30-31H,15-17H2,(H,26,28)(H,27,29). The van der Waals surface area contributed by atoms with Crippen LogP contribution in [0.1, 0.15) is 17.5 Å². The van der Waals surface area contributed by atoms with E-state index in [9.17, 15) is 9.59 Å². The molecule has 1 atom stereocenters. The molecule has 0 heterocycles. The SMILES string of the molecule is O=C(CC(=O)NC(Cc1ccccc1)OB(O)O)NCc1cccc(-c2ccccc2)c1. The van der Waals surface area contributed by atoms with Gasteiger partial charge in [-0.25, -0.2) is 0 Å². The Morgan fingerprint density at radius 1 is 0.812 bits per heavy atom. The lowest BCUT2D eigenvalue weighted by Crippen LogP contribution is -2.43. The lowest BCUT2D eigenvalue weighted by atomic mass is 10.0. The first-order valence-electron chi connectivity index (χ1n) is 10.3. The Bertz CT molecular complexity index is 1020. The van der Waals surface area contributed by atoms with Crippen LogP contribution in [-0.4, -0.2) is 35.4 Å². The number of amides is 2. The number of hydrogen-bond donors (Lipinski definition) is 4. The van der Waals surface area contributed by atoms with Crippen molar-refractivity contribution < 1.29 is 24.3 Å². The molecule has 0 fully saturated rings. The lowest BCUT2D eigenvalue weighted by Gasteiger charge is -2.19. The third-order valence-corrected chi connectivity index (χ3v) is 4.72. The Labute approximate surface area is 187 Å². The summed E-state index contributed by atoms with van der Waals surface area (Å²) in [6.07, 6.45) is -1.17. The van der Waals surface area contributed by atoms with E-state index >= 15 is 0 Å². The molecule has 7 nitrogen and oxygen atoms in total. The highest BCUT2D eigenvalue weighted by Gasteiger charge is 2.21. The van der Waals surface area contributed by atoms with Gasteiger partial charge >= 0.3 is 7.32 Å². The van der Waals surface area contributed by atoms with Gasteiger partial charge in [0.25, 0.3) is 0 Å². The third-order valence-electron chi connectivity index (χ3n) is 4.72. The summed E-state index contributed by atoms with van der Waals surface area (Å²) in [5, 5.41) is 23.5.